The first kappa shape index (κ1) is 17.4. The summed E-state index contributed by atoms with van der Waals surface area (Å²) in [6.45, 7) is 0.417. The molecular weight excluding hydrogens is 334 g/mol. The highest BCUT2D eigenvalue weighted by Gasteiger charge is 2.10. The number of hydrogen-bond acceptors (Lipinski definition) is 7. The van der Waals surface area contributed by atoms with Crippen molar-refractivity contribution in [2.75, 3.05) is 25.0 Å². The number of nitro groups is 1. The molecule has 0 saturated carbocycles. The number of amides is 1. The van der Waals surface area contributed by atoms with Gasteiger partial charge >= 0.3 is 5.97 Å². The number of nitro benzene ring substituents is 1. The molecule has 8 nitrogen and oxygen atoms in total. The second-order valence-corrected chi connectivity index (χ2v) is 5.45. The maximum absolute atomic E-state index is 11.6. The van der Waals surface area contributed by atoms with E-state index in [-0.39, 0.29) is 12.3 Å². The first-order valence-electron chi connectivity index (χ1n) is 7.00. The number of non-ortho nitro benzene ring substituents is 1. The Labute approximate surface area is 141 Å². The smallest absolute Gasteiger partial charge is 0.339 e. The van der Waals surface area contributed by atoms with Crippen molar-refractivity contribution in [3.8, 4) is 0 Å². The number of hydrogen-bond donors (Lipinski definition) is 2. The molecule has 0 atom stereocenters. The lowest BCUT2D eigenvalue weighted by molar-refractivity contribution is -0.384. The predicted molar refractivity (Wildman–Crippen MR) is 89.2 cm³/mol. The second-order valence-electron chi connectivity index (χ2n) is 4.67. The summed E-state index contributed by atoms with van der Waals surface area (Å²) in [5, 5.41) is 19.5. The molecule has 0 aliphatic rings. The Hall–Kier alpha value is -2.94. The van der Waals surface area contributed by atoms with Crippen molar-refractivity contribution in [3.05, 3.63) is 56.8 Å². The molecule has 0 unspecified atom stereocenters. The van der Waals surface area contributed by atoms with Crippen molar-refractivity contribution in [3.63, 3.8) is 0 Å². The van der Waals surface area contributed by atoms with Crippen molar-refractivity contribution in [2.45, 2.75) is 0 Å². The van der Waals surface area contributed by atoms with E-state index >= 15 is 0 Å². The van der Waals surface area contributed by atoms with Gasteiger partial charge < -0.3 is 15.4 Å². The normalized spacial score (nSPS) is 10.0. The number of carbonyl (C=O) groups is 2. The van der Waals surface area contributed by atoms with E-state index in [2.05, 4.69) is 10.6 Å². The first-order chi connectivity index (χ1) is 11.6. The second kappa shape index (κ2) is 8.63. The van der Waals surface area contributed by atoms with E-state index < -0.39 is 16.8 Å². The van der Waals surface area contributed by atoms with E-state index in [1.54, 1.807) is 29.0 Å². The van der Waals surface area contributed by atoms with E-state index in [1.165, 1.54) is 23.5 Å². The molecule has 2 aromatic rings. The van der Waals surface area contributed by atoms with Gasteiger partial charge in [-0.2, -0.15) is 11.3 Å². The lowest BCUT2D eigenvalue weighted by atomic mass is 10.3. The molecule has 2 N–H and O–H groups in total. The van der Waals surface area contributed by atoms with Gasteiger partial charge in [-0.15, -0.1) is 0 Å². The van der Waals surface area contributed by atoms with Gasteiger partial charge in [-0.05, 0) is 23.6 Å². The maximum Gasteiger partial charge on any atom is 0.339 e. The first-order valence-corrected chi connectivity index (χ1v) is 7.95. The monoisotopic (exact) mass is 349 g/mol. The third-order valence-corrected chi connectivity index (χ3v) is 3.63. The number of benzene rings is 1. The quantitative estimate of drug-likeness (QED) is 0.326. The van der Waals surface area contributed by atoms with Gasteiger partial charge in [0.05, 0.1) is 10.5 Å². The van der Waals surface area contributed by atoms with E-state index in [0.717, 1.165) is 0 Å². The maximum atomic E-state index is 11.6. The van der Waals surface area contributed by atoms with E-state index in [0.29, 0.717) is 24.3 Å². The van der Waals surface area contributed by atoms with Crippen LogP contribution in [0.25, 0.3) is 0 Å². The van der Waals surface area contributed by atoms with Crippen LogP contribution in [-0.4, -0.2) is 36.5 Å². The van der Waals surface area contributed by atoms with E-state index in [9.17, 15) is 19.7 Å². The minimum absolute atomic E-state index is 0.0151. The molecule has 9 heteroatoms. The number of rotatable bonds is 8. The standard InChI is InChI=1S/C15H15N3O5S/c19-14(9-23-15(20)11-5-8-24-10-11)17-7-6-16-12-1-3-13(4-2-12)18(21)22/h1-5,8,10,16H,6-7,9H2,(H,17,19). The van der Waals surface area contributed by atoms with Gasteiger partial charge in [0.2, 0.25) is 0 Å². The Balaban J connectivity index is 1.62. The summed E-state index contributed by atoms with van der Waals surface area (Å²) in [5.74, 6) is -0.931. The zero-order valence-corrected chi connectivity index (χ0v) is 13.4. The molecule has 2 rings (SSSR count). The van der Waals surface area contributed by atoms with Crippen molar-refractivity contribution in [1.29, 1.82) is 0 Å². The Morgan fingerprint density at radius 1 is 1.17 bits per heavy atom. The molecule has 0 aliphatic carbocycles. The highest BCUT2D eigenvalue weighted by molar-refractivity contribution is 7.08. The van der Waals surface area contributed by atoms with Crippen molar-refractivity contribution in [2.24, 2.45) is 0 Å². The Kier molecular flexibility index (Phi) is 6.26. The minimum atomic E-state index is -0.532. The summed E-state index contributed by atoms with van der Waals surface area (Å²) in [6.07, 6.45) is 0. The van der Waals surface area contributed by atoms with E-state index in [4.69, 9.17) is 4.74 Å². The van der Waals surface area contributed by atoms with Gasteiger partial charge in [-0.25, -0.2) is 4.79 Å². The minimum Gasteiger partial charge on any atom is -0.452 e. The Morgan fingerprint density at radius 3 is 2.54 bits per heavy atom. The van der Waals surface area contributed by atoms with E-state index in [1.807, 2.05) is 0 Å². The average molecular weight is 349 g/mol. The van der Waals surface area contributed by atoms with Crippen molar-refractivity contribution < 1.29 is 19.2 Å². The fraction of sp³-hybridized carbons (Fsp3) is 0.200. The van der Waals surface area contributed by atoms with Crippen LogP contribution in [-0.2, 0) is 9.53 Å². The van der Waals surface area contributed by atoms with Crippen LogP contribution in [0.5, 0.6) is 0 Å². The summed E-state index contributed by atoms with van der Waals surface area (Å²) in [4.78, 5) is 33.2. The number of anilines is 1. The van der Waals surface area contributed by atoms with Gasteiger partial charge in [-0.1, -0.05) is 0 Å². The predicted octanol–water partition coefficient (Wildman–Crippen LogP) is 2.04. The van der Waals surface area contributed by atoms with Crippen molar-refractivity contribution in [1.82, 2.24) is 5.32 Å². The van der Waals surface area contributed by atoms with Crippen LogP contribution in [0.15, 0.2) is 41.1 Å². The van der Waals surface area contributed by atoms with Gasteiger partial charge in [0.15, 0.2) is 6.61 Å². The molecule has 0 bridgehead atoms. The fourth-order valence-corrected chi connectivity index (χ4v) is 2.38. The third-order valence-electron chi connectivity index (χ3n) is 2.95. The number of thiophene rings is 1. The molecule has 1 aromatic heterocycles. The molecule has 0 aliphatic heterocycles. The third kappa shape index (κ3) is 5.36. The lowest BCUT2D eigenvalue weighted by Crippen LogP contribution is -2.32. The molecule has 126 valence electrons. The van der Waals surface area contributed by atoms with Crippen LogP contribution in [0.3, 0.4) is 0 Å². The molecule has 0 fully saturated rings. The highest BCUT2D eigenvalue weighted by atomic mass is 32.1. The van der Waals surface area contributed by atoms with Crippen LogP contribution in [0, 0.1) is 10.1 Å². The molecule has 0 radical (unpaired) electrons. The molecule has 0 spiro atoms. The van der Waals surface area contributed by atoms with Crippen LogP contribution >= 0.6 is 11.3 Å². The highest BCUT2D eigenvalue weighted by Crippen LogP contribution is 2.14. The SMILES string of the molecule is O=C(COC(=O)c1ccsc1)NCCNc1ccc([N+](=O)[O-])cc1. The zero-order valence-electron chi connectivity index (χ0n) is 12.6. The van der Waals surface area contributed by atoms with Crippen molar-refractivity contribution >= 4 is 34.6 Å². The lowest BCUT2D eigenvalue weighted by Gasteiger charge is -2.08. The molecule has 1 aromatic carbocycles. The number of nitrogens with zero attached hydrogens (tertiary/aromatic N) is 1. The molecule has 1 amide bonds. The topological polar surface area (TPSA) is 111 Å². The molecular formula is C15H15N3O5S. The Morgan fingerprint density at radius 2 is 1.92 bits per heavy atom. The summed E-state index contributed by atoms with van der Waals surface area (Å²) < 4.78 is 4.87. The molecule has 0 saturated heterocycles. The summed E-state index contributed by atoms with van der Waals surface area (Å²) in [6, 6.07) is 7.58. The molecule has 24 heavy (non-hydrogen) atoms. The fourth-order valence-electron chi connectivity index (χ4n) is 1.76. The number of carbonyl (C=O) groups excluding carboxylic acids is 2. The summed E-state index contributed by atoms with van der Waals surface area (Å²) in [5.41, 5.74) is 1.15. The average Bonchev–Trinajstić information content (AvgIpc) is 3.11. The zero-order chi connectivity index (χ0) is 17.4. The summed E-state index contributed by atoms with van der Waals surface area (Å²) >= 11 is 1.37. The van der Waals surface area contributed by atoms with Crippen LogP contribution in [0.2, 0.25) is 0 Å². The van der Waals surface area contributed by atoms with Gasteiger partial charge in [-0.3, -0.25) is 14.9 Å². The molecule has 1 heterocycles. The largest absolute Gasteiger partial charge is 0.452 e. The number of esters is 1. The number of nitrogens with one attached hydrogen (secondary N) is 2. The van der Waals surface area contributed by atoms with Crippen LogP contribution < -0.4 is 10.6 Å². The number of ether oxygens (including phenoxy) is 1. The van der Waals surface area contributed by atoms with Gasteiger partial charge in [0.1, 0.15) is 0 Å². The van der Waals surface area contributed by atoms with Crippen LogP contribution in [0.4, 0.5) is 11.4 Å². The van der Waals surface area contributed by atoms with Gasteiger partial charge in [0.25, 0.3) is 11.6 Å². The van der Waals surface area contributed by atoms with Gasteiger partial charge in [0, 0.05) is 36.3 Å². The summed E-state index contributed by atoms with van der Waals surface area (Å²) in [7, 11) is 0. The van der Waals surface area contributed by atoms with Crippen LogP contribution in [0.1, 0.15) is 10.4 Å². The Bertz CT molecular complexity index is 700.